The summed E-state index contributed by atoms with van der Waals surface area (Å²) in [5.74, 6) is 0. The van der Waals surface area contributed by atoms with E-state index in [0.717, 1.165) is 11.8 Å². The predicted octanol–water partition coefficient (Wildman–Crippen LogP) is 4.20. The van der Waals surface area contributed by atoms with E-state index in [2.05, 4.69) is 15.9 Å². The van der Waals surface area contributed by atoms with E-state index in [1.54, 1.807) is 0 Å². The summed E-state index contributed by atoms with van der Waals surface area (Å²) in [7, 11) is 0. The van der Waals surface area contributed by atoms with Crippen LogP contribution >= 0.6 is 28.1 Å². The number of hydrogen-bond acceptors (Lipinski definition) is 3. The van der Waals surface area contributed by atoms with E-state index in [9.17, 15) is 0 Å². The first-order valence-electron chi connectivity index (χ1n) is 6.22. The molecule has 1 unspecified atom stereocenters. The molecular weight excluding hydrogens is 288 g/mol. The summed E-state index contributed by atoms with van der Waals surface area (Å²) >= 11 is 8.26. The highest BCUT2D eigenvalue weighted by Crippen LogP contribution is 2.15. The highest BCUT2D eigenvalue weighted by atomic mass is 79.9. The maximum atomic E-state index is 5.32. The molecule has 0 aliphatic carbocycles. The van der Waals surface area contributed by atoms with Crippen molar-refractivity contribution in [3.05, 3.63) is 0 Å². The molecule has 1 aliphatic heterocycles. The van der Waals surface area contributed by atoms with Gasteiger partial charge in [-0.2, -0.15) is 0 Å². The van der Waals surface area contributed by atoms with Gasteiger partial charge in [-0.3, -0.25) is 0 Å². The molecule has 0 bridgehead atoms. The average molecular weight is 309 g/mol. The van der Waals surface area contributed by atoms with Crippen molar-refractivity contribution in [2.24, 2.45) is 0 Å². The van der Waals surface area contributed by atoms with E-state index in [0.29, 0.717) is 11.8 Å². The lowest BCUT2D eigenvalue weighted by Gasteiger charge is -2.06. The number of thiocarbonyl (C=S) groups is 1. The third-order valence-corrected chi connectivity index (χ3v) is 3.58. The number of ether oxygens (including phenoxy) is 2. The van der Waals surface area contributed by atoms with Gasteiger partial charge in [0.25, 0.3) is 0 Å². The lowest BCUT2D eigenvalue weighted by atomic mass is 10.1. The van der Waals surface area contributed by atoms with Crippen molar-refractivity contribution >= 4 is 33.4 Å². The van der Waals surface area contributed by atoms with Gasteiger partial charge in [0, 0.05) is 17.5 Å². The summed E-state index contributed by atoms with van der Waals surface area (Å²) in [6, 6.07) is 0. The van der Waals surface area contributed by atoms with Gasteiger partial charge in [-0.15, -0.1) is 0 Å². The molecule has 1 atom stereocenters. The van der Waals surface area contributed by atoms with Crippen LogP contribution in [0.3, 0.4) is 0 Å². The Morgan fingerprint density at radius 1 is 1.06 bits per heavy atom. The zero-order chi connectivity index (χ0) is 11.6. The fraction of sp³-hybridized carbons (Fsp3) is 0.917. The molecule has 94 valence electrons. The fourth-order valence-electron chi connectivity index (χ4n) is 1.86. The molecule has 16 heavy (non-hydrogen) atoms. The highest BCUT2D eigenvalue weighted by Gasteiger charge is 2.20. The quantitative estimate of drug-likeness (QED) is 0.361. The third kappa shape index (κ3) is 6.69. The molecule has 0 amide bonds. The zero-order valence-corrected chi connectivity index (χ0v) is 12.2. The second-order valence-electron chi connectivity index (χ2n) is 4.25. The van der Waals surface area contributed by atoms with E-state index in [1.165, 1.54) is 44.9 Å². The van der Waals surface area contributed by atoms with Crippen LogP contribution in [-0.4, -0.2) is 23.3 Å². The Morgan fingerprint density at radius 2 is 1.69 bits per heavy atom. The van der Waals surface area contributed by atoms with Crippen molar-refractivity contribution in [1.82, 2.24) is 0 Å². The van der Waals surface area contributed by atoms with Gasteiger partial charge in [0.2, 0.25) is 0 Å². The number of rotatable bonds is 9. The van der Waals surface area contributed by atoms with Crippen LogP contribution in [0.15, 0.2) is 0 Å². The van der Waals surface area contributed by atoms with E-state index < -0.39 is 0 Å². The molecule has 0 N–H and O–H groups in total. The summed E-state index contributed by atoms with van der Waals surface area (Å²) in [5, 5.41) is 1.48. The zero-order valence-electron chi connectivity index (χ0n) is 9.75. The van der Waals surface area contributed by atoms with Crippen LogP contribution < -0.4 is 0 Å². The van der Waals surface area contributed by atoms with Gasteiger partial charge in [0.1, 0.15) is 12.7 Å². The smallest absolute Gasteiger partial charge is 0.352 e. The Bertz CT molecular complexity index is 199. The largest absolute Gasteiger partial charge is 0.453 e. The van der Waals surface area contributed by atoms with Crippen molar-refractivity contribution in [2.45, 2.75) is 57.5 Å². The van der Waals surface area contributed by atoms with Gasteiger partial charge in [-0.1, -0.05) is 48.0 Å². The monoisotopic (exact) mass is 308 g/mol. The molecule has 1 fully saturated rings. The summed E-state index contributed by atoms with van der Waals surface area (Å²) in [6.07, 6.45) is 10.6. The van der Waals surface area contributed by atoms with Crippen LogP contribution in [0.1, 0.15) is 51.4 Å². The van der Waals surface area contributed by atoms with E-state index in [-0.39, 0.29) is 6.10 Å². The fourth-order valence-corrected chi connectivity index (χ4v) is 2.46. The summed E-state index contributed by atoms with van der Waals surface area (Å²) < 4.78 is 10.4. The number of hydrogen-bond donors (Lipinski definition) is 0. The molecule has 0 aromatic rings. The van der Waals surface area contributed by atoms with Gasteiger partial charge in [-0.25, -0.2) is 0 Å². The van der Waals surface area contributed by atoms with Crippen LogP contribution in [0.4, 0.5) is 0 Å². The van der Waals surface area contributed by atoms with E-state index in [1.807, 2.05) is 0 Å². The Labute approximate surface area is 112 Å². The molecule has 4 heteroatoms. The maximum absolute atomic E-state index is 5.32. The molecule has 1 heterocycles. The first-order chi connectivity index (χ1) is 7.83. The van der Waals surface area contributed by atoms with Crippen molar-refractivity contribution in [1.29, 1.82) is 0 Å². The SMILES string of the molecule is S=C1OCC(CCCCCCCCCBr)O1. The molecule has 0 radical (unpaired) electrons. The number of alkyl halides is 1. The molecule has 1 aliphatic rings. The van der Waals surface area contributed by atoms with Gasteiger partial charge in [0.05, 0.1) is 0 Å². The molecule has 1 saturated heterocycles. The Morgan fingerprint density at radius 3 is 2.25 bits per heavy atom. The maximum Gasteiger partial charge on any atom is 0.352 e. The molecule has 0 aromatic carbocycles. The standard InChI is InChI=1S/C12H21BrO2S/c13-9-7-5-3-1-2-4-6-8-11-10-14-12(16)15-11/h11H,1-10H2. The average Bonchev–Trinajstić information content (AvgIpc) is 2.68. The molecule has 0 saturated carbocycles. The minimum Gasteiger partial charge on any atom is -0.453 e. The molecule has 2 nitrogen and oxygen atoms in total. The highest BCUT2D eigenvalue weighted by molar-refractivity contribution is 9.09. The second kappa shape index (κ2) is 9.23. The van der Waals surface area contributed by atoms with Crippen molar-refractivity contribution < 1.29 is 9.47 Å². The molecule has 0 spiro atoms. The van der Waals surface area contributed by atoms with Gasteiger partial charge in [0.15, 0.2) is 0 Å². The van der Waals surface area contributed by atoms with Gasteiger partial charge in [-0.05, 0) is 19.3 Å². The molecular formula is C12H21BrO2S. The van der Waals surface area contributed by atoms with Gasteiger partial charge < -0.3 is 9.47 Å². The van der Waals surface area contributed by atoms with E-state index >= 15 is 0 Å². The Hall–Kier alpha value is 0.170. The summed E-state index contributed by atoms with van der Waals surface area (Å²) in [4.78, 5) is 0. The first-order valence-corrected chi connectivity index (χ1v) is 7.75. The lowest BCUT2D eigenvalue weighted by Crippen LogP contribution is -2.08. The first kappa shape index (κ1) is 14.2. The van der Waals surface area contributed by atoms with Crippen molar-refractivity contribution in [3.63, 3.8) is 0 Å². The normalized spacial score (nSPS) is 19.6. The van der Waals surface area contributed by atoms with Crippen LogP contribution in [0.2, 0.25) is 0 Å². The van der Waals surface area contributed by atoms with Crippen LogP contribution in [0, 0.1) is 0 Å². The van der Waals surface area contributed by atoms with Crippen LogP contribution in [-0.2, 0) is 9.47 Å². The minimum atomic E-state index is 0.223. The van der Waals surface area contributed by atoms with E-state index in [4.69, 9.17) is 21.7 Å². The third-order valence-electron chi connectivity index (χ3n) is 2.81. The number of halogens is 1. The van der Waals surface area contributed by atoms with Crippen molar-refractivity contribution in [2.75, 3.05) is 11.9 Å². The van der Waals surface area contributed by atoms with Crippen molar-refractivity contribution in [3.8, 4) is 0 Å². The van der Waals surface area contributed by atoms with Gasteiger partial charge >= 0.3 is 5.24 Å². The predicted molar refractivity (Wildman–Crippen MR) is 74.2 cm³/mol. The minimum absolute atomic E-state index is 0.223. The summed E-state index contributed by atoms with van der Waals surface area (Å²) in [5.41, 5.74) is 0. The number of unbranched alkanes of at least 4 members (excludes halogenated alkanes) is 6. The van der Waals surface area contributed by atoms with Crippen LogP contribution in [0.5, 0.6) is 0 Å². The topological polar surface area (TPSA) is 18.5 Å². The van der Waals surface area contributed by atoms with Crippen LogP contribution in [0.25, 0.3) is 0 Å². The summed E-state index contributed by atoms with van der Waals surface area (Å²) in [6.45, 7) is 0.657. The Kier molecular flexibility index (Phi) is 8.21. The molecule has 1 rings (SSSR count). The molecule has 0 aromatic heterocycles. The second-order valence-corrected chi connectivity index (χ2v) is 5.38. The Balaban J connectivity index is 1.79. The lowest BCUT2D eigenvalue weighted by molar-refractivity contribution is 0.213.